The van der Waals surface area contributed by atoms with E-state index in [2.05, 4.69) is 4.98 Å². The van der Waals surface area contributed by atoms with Crippen molar-refractivity contribution >= 4 is 17.6 Å². The summed E-state index contributed by atoms with van der Waals surface area (Å²) in [6.07, 6.45) is 2.74. The largest absolute Gasteiger partial charge is 0.432 e. The summed E-state index contributed by atoms with van der Waals surface area (Å²) in [5.74, 6) is -0.486. The second kappa shape index (κ2) is 4.59. The molecule has 2 rings (SSSR count). The van der Waals surface area contributed by atoms with Crippen LogP contribution in [0.5, 0.6) is 0 Å². The molecule has 0 aromatic carbocycles. The molecule has 1 saturated heterocycles. The molecule has 0 N–H and O–H groups in total. The van der Waals surface area contributed by atoms with Gasteiger partial charge in [-0.15, -0.1) is 0 Å². The van der Waals surface area contributed by atoms with Crippen LogP contribution in [0.3, 0.4) is 0 Å². The number of ether oxygens (including phenoxy) is 2. The molecule has 1 atom stereocenters. The Morgan fingerprint density at radius 2 is 2.53 bits per heavy atom. The highest BCUT2D eigenvalue weighted by molar-refractivity contribution is 6.32. The molecule has 1 unspecified atom stereocenters. The Balaban J connectivity index is 2.04. The topological polar surface area (TPSA) is 48.4 Å². The Kier molecular flexibility index (Phi) is 3.18. The van der Waals surface area contributed by atoms with Crippen molar-refractivity contribution in [3.63, 3.8) is 0 Å². The predicted molar refractivity (Wildman–Crippen MR) is 53.6 cm³/mol. The molecule has 5 heteroatoms. The molecule has 0 amide bonds. The van der Waals surface area contributed by atoms with E-state index >= 15 is 0 Å². The molecule has 0 bridgehead atoms. The Morgan fingerprint density at radius 3 is 3.20 bits per heavy atom. The van der Waals surface area contributed by atoms with Crippen LogP contribution in [-0.4, -0.2) is 23.9 Å². The first-order valence-corrected chi connectivity index (χ1v) is 5.08. The quantitative estimate of drug-likeness (QED) is 0.573. The number of aromatic nitrogens is 1. The molecule has 1 aliphatic rings. The van der Waals surface area contributed by atoms with Crippen LogP contribution in [-0.2, 0) is 9.47 Å². The maximum atomic E-state index is 11.6. The third kappa shape index (κ3) is 2.46. The molecule has 0 radical (unpaired) electrons. The Morgan fingerprint density at radius 1 is 1.67 bits per heavy atom. The van der Waals surface area contributed by atoms with E-state index in [1.54, 1.807) is 12.1 Å². The fraction of sp³-hybridized carbons (Fsp3) is 0.400. The zero-order valence-corrected chi connectivity index (χ0v) is 8.74. The first-order valence-electron chi connectivity index (χ1n) is 4.70. The molecule has 1 aliphatic heterocycles. The van der Waals surface area contributed by atoms with E-state index in [1.807, 2.05) is 0 Å². The Bertz CT molecular complexity index is 363. The van der Waals surface area contributed by atoms with Crippen molar-refractivity contribution in [2.24, 2.45) is 0 Å². The summed E-state index contributed by atoms with van der Waals surface area (Å²) in [6.45, 7) is 0.638. The zero-order valence-electron chi connectivity index (χ0n) is 7.98. The van der Waals surface area contributed by atoms with Gasteiger partial charge in [0.05, 0.1) is 12.2 Å². The van der Waals surface area contributed by atoms with Crippen LogP contribution >= 0.6 is 11.6 Å². The lowest BCUT2D eigenvalue weighted by Gasteiger charge is -2.11. The number of carbonyl (C=O) groups excluding carboxylic acids is 1. The molecule has 0 saturated carbocycles. The number of hydrogen-bond donors (Lipinski definition) is 0. The molecule has 2 heterocycles. The summed E-state index contributed by atoms with van der Waals surface area (Å²) >= 11 is 5.75. The second-order valence-electron chi connectivity index (χ2n) is 3.19. The lowest BCUT2D eigenvalue weighted by Crippen LogP contribution is -2.17. The van der Waals surface area contributed by atoms with Crippen molar-refractivity contribution < 1.29 is 14.3 Å². The number of carbonyl (C=O) groups is 1. The van der Waals surface area contributed by atoms with Crippen molar-refractivity contribution in [3.8, 4) is 0 Å². The smallest absolute Gasteiger partial charge is 0.343 e. The standard InChI is InChI=1S/C10H10ClNO3/c11-9-7(3-1-5-12-9)10(13)15-8-4-2-6-14-8/h1,3,5,8H,2,4,6H2. The number of rotatable bonds is 2. The minimum absolute atomic E-state index is 0.153. The minimum Gasteiger partial charge on any atom is -0.432 e. The van der Waals surface area contributed by atoms with Gasteiger partial charge in [-0.2, -0.15) is 0 Å². The van der Waals surface area contributed by atoms with Gasteiger partial charge in [0.15, 0.2) is 0 Å². The molecule has 15 heavy (non-hydrogen) atoms. The summed E-state index contributed by atoms with van der Waals surface area (Å²) in [7, 11) is 0. The molecule has 1 aromatic rings. The van der Waals surface area contributed by atoms with E-state index in [9.17, 15) is 4.79 Å². The number of nitrogens with zero attached hydrogens (tertiary/aromatic N) is 1. The zero-order chi connectivity index (χ0) is 10.7. The normalized spacial score (nSPS) is 20.2. The Hall–Kier alpha value is -1.13. The monoisotopic (exact) mass is 227 g/mol. The van der Waals surface area contributed by atoms with Crippen LogP contribution in [0.15, 0.2) is 18.3 Å². The third-order valence-corrected chi connectivity index (χ3v) is 2.41. The van der Waals surface area contributed by atoms with E-state index in [0.717, 1.165) is 12.8 Å². The lowest BCUT2D eigenvalue weighted by atomic mass is 10.3. The average Bonchev–Trinajstić information content (AvgIpc) is 2.71. The number of hydrogen-bond acceptors (Lipinski definition) is 4. The first kappa shape index (κ1) is 10.4. The molecule has 0 aliphatic carbocycles. The van der Waals surface area contributed by atoms with Crippen molar-refractivity contribution in [2.45, 2.75) is 19.1 Å². The van der Waals surface area contributed by atoms with E-state index in [-0.39, 0.29) is 10.7 Å². The van der Waals surface area contributed by atoms with E-state index in [1.165, 1.54) is 6.20 Å². The van der Waals surface area contributed by atoms with Gasteiger partial charge < -0.3 is 9.47 Å². The van der Waals surface area contributed by atoms with Gasteiger partial charge in [-0.3, -0.25) is 0 Å². The SMILES string of the molecule is O=C(OC1CCCO1)c1cccnc1Cl. The summed E-state index contributed by atoms with van der Waals surface area (Å²) in [6, 6.07) is 3.21. The van der Waals surface area contributed by atoms with Crippen LogP contribution in [0.4, 0.5) is 0 Å². The van der Waals surface area contributed by atoms with Gasteiger partial charge in [0, 0.05) is 12.6 Å². The van der Waals surface area contributed by atoms with Gasteiger partial charge in [0.1, 0.15) is 5.15 Å². The maximum Gasteiger partial charge on any atom is 0.343 e. The van der Waals surface area contributed by atoms with Gasteiger partial charge in [0.2, 0.25) is 6.29 Å². The van der Waals surface area contributed by atoms with Gasteiger partial charge in [0.25, 0.3) is 0 Å². The van der Waals surface area contributed by atoms with Crippen molar-refractivity contribution in [1.82, 2.24) is 4.98 Å². The highest BCUT2D eigenvalue weighted by atomic mass is 35.5. The number of halogens is 1. The molecular weight excluding hydrogens is 218 g/mol. The van der Waals surface area contributed by atoms with Crippen molar-refractivity contribution in [2.75, 3.05) is 6.61 Å². The van der Waals surface area contributed by atoms with E-state index < -0.39 is 12.3 Å². The highest BCUT2D eigenvalue weighted by Gasteiger charge is 2.22. The molecule has 0 spiro atoms. The summed E-state index contributed by atoms with van der Waals surface area (Å²) in [5, 5.41) is 0.153. The third-order valence-electron chi connectivity index (χ3n) is 2.11. The number of pyridine rings is 1. The predicted octanol–water partition coefficient (Wildman–Crippen LogP) is 2.03. The molecule has 1 fully saturated rings. The summed E-state index contributed by atoms with van der Waals surface area (Å²) in [4.78, 5) is 15.4. The second-order valence-corrected chi connectivity index (χ2v) is 3.55. The van der Waals surface area contributed by atoms with Gasteiger partial charge >= 0.3 is 5.97 Å². The molecule has 4 nitrogen and oxygen atoms in total. The van der Waals surface area contributed by atoms with Crippen LogP contribution in [0.2, 0.25) is 5.15 Å². The first-order chi connectivity index (χ1) is 7.27. The highest BCUT2D eigenvalue weighted by Crippen LogP contribution is 2.18. The van der Waals surface area contributed by atoms with E-state index in [0.29, 0.717) is 6.61 Å². The molecular formula is C10H10ClNO3. The number of esters is 1. The maximum absolute atomic E-state index is 11.6. The van der Waals surface area contributed by atoms with Crippen LogP contribution in [0.25, 0.3) is 0 Å². The van der Waals surface area contributed by atoms with Gasteiger partial charge in [-0.25, -0.2) is 9.78 Å². The summed E-state index contributed by atoms with van der Waals surface area (Å²) < 4.78 is 10.3. The van der Waals surface area contributed by atoms with Crippen molar-refractivity contribution in [3.05, 3.63) is 29.0 Å². The van der Waals surface area contributed by atoms with E-state index in [4.69, 9.17) is 21.1 Å². The van der Waals surface area contributed by atoms with Crippen LogP contribution < -0.4 is 0 Å². The average molecular weight is 228 g/mol. The fourth-order valence-electron chi connectivity index (χ4n) is 1.36. The Labute approximate surface area is 92.2 Å². The minimum atomic E-state index is -0.486. The molecule has 80 valence electrons. The van der Waals surface area contributed by atoms with Crippen LogP contribution in [0.1, 0.15) is 23.2 Å². The lowest BCUT2D eigenvalue weighted by molar-refractivity contribution is -0.0775. The summed E-state index contributed by atoms with van der Waals surface area (Å²) in [5.41, 5.74) is 0.273. The molecule has 1 aromatic heterocycles. The van der Waals surface area contributed by atoms with Crippen LogP contribution in [0, 0.1) is 0 Å². The van der Waals surface area contributed by atoms with Crippen molar-refractivity contribution in [1.29, 1.82) is 0 Å². The fourth-order valence-corrected chi connectivity index (χ4v) is 1.56. The van der Waals surface area contributed by atoms with Gasteiger partial charge in [-0.1, -0.05) is 11.6 Å². The van der Waals surface area contributed by atoms with Gasteiger partial charge in [-0.05, 0) is 18.6 Å².